The van der Waals surface area contributed by atoms with E-state index in [2.05, 4.69) is 37.1 Å². The van der Waals surface area contributed by atoms with Gasteiger partial charge in [-0.25, -0.2) is 15.0 Å². The molecule has 192 valence electrons. The number of nitrogens with one attached hydrogen (secondary N) is 1. The Kier molecular flexibility index (Phi) is 7.98. The molecule has 5 rings (SSSR count). The number of pyridine rings is 2. The summed E-state index contributed by atoms with van der Waals surface area (Å²) in [6.07, 6.45) is 9.32. The van der Waals surface area contributed by atoms with E-state index in [0.717, 1.165) is 68.6 Å². The molecule has 1 aliphatic carbocycles. The fourth-order valence-corrected chi connectivity index (χ4v) is 5.18. The Bertz CT molecular complexity index is 1270. The predicted molar refractivity (Wildman–Crippen MR) is 145 cm³/mol. The number of piperazine rings is 1. The molecule has 0 bridgehead atoms. The molecule has 2 fully saturated rings. The van der Waals surface area contributed by atoms with Crippen LogP contribution >= 0.6 is 0 Å². The number of carbonyl (C=O) groups excluding carboxylic acids is 1. The normalized spacial score (nSPS) is 16.6. The van der Waals surface area contributed by atoms with Crippen LogP contribution in [0.3, 0.4) is 0 Å². The molecule has 9 heteroatoms. The van der Waals surface area contributed by atoms with Crippen LogP contribution in [0.5, 0.6) is 0 Å². The monoisotopic (exact) mass is 491 g/mol. The van der Waals surface area contributed by atoms with Gasteiger partial charge in [0.25, 0.3) is 5.56 Å². The Morgan fingerprint density at radius 1 is 0.972 bits per heavy atom. The highest BCUT2D eigenvalue weighted by atomic mass is 16.1. The van der Waals surface area contributed by atoms with E-state index in [1.165, 1.54) is 6.92 Å². The lowest BCUT2D eigenvalue weighted by atomic mass is 10.0. The van der Waals surface area contributed by atoms with Crippen LogP contribution in [0, 0.1) is 6.92 Å². The number of nitrogens with zero attached hydrogens (tertiary/aromatic N) is 6. The number of likely N-dealkylation sites (N-methyl/N-ethyl adjacent to an activating group) is 1. The van der Waals surface area contributed by atoms with E-state index in [9.17, 15) is 9.59 Å². The first-order valence-corrected chi connectivity index (χ1v) is 13.0. The number of hydrogen-bond donors (Lipinski definition) is 1. The largest absolute Gasteiger partial charge is 0.353 e. The predicted octanol–water partition coefficient (Wildman–Crippen LogP) is 4.33. The van der Waals surface area contributed by atoms with Crippen molar-refractivity contribution < 1.29 is 4.79 Å². The molecule has 1 N–H and O–H groups in total. The van der Waals surface area contributed by atoms with E-state index in [1.807, 2.05) is 31.4 Å². The standard InChI is InChI=1S/C25H31N7O2.C2H6/c1-16-19-13-26-21(29-22-14-28-23(15-27-22)31-10-8-30(3)9-11-31)12-20(19)32(18-6-4-5-7-18)25(34)24(16)17(2)33;1-2/h12-15,18H,4-11H2,1-3H3,(H,26,27,29);1-2H3. The number of carbonyl (C=O) groups is 1. The molecule has 0 amide bonds. The van der Waals surface area contributed by atoms with Gasteiger partial charge in [-0.15, -0.1) is 0 Å². The van der Waals surface area contributed by atoms with Gasteiger partial charge in [-0.1, -0.05) is 26.7 Å². The first-order valence-electron chi connectivity index (χ1n) is 13.0. The van der Waals surface area contributed by atoms with Gasteiger partial charge in [0.2, 0.25) is 0 Å². The van der Waals surface area contributed by atoms with E-state index in [1.54, 1.807) is 18.6 Å². The molecule has 2 aliphatic rings. The van der Waals surface area contributed by atoms with Crippen LogP contribution in [0.25, 0.3) is 10.9 Å². The number of ketones is 1. The number of Topliss-reactive ketones (excluding diaryl/α,β-unsaturated/α-hetero) is 1. The topological polar surface area (TPSA) is 96.2 Å². The molecule has 36 heavy (non-hydrogen) atoms. The SMILES string of the molecule is CC.CC(=O)c1c(C)c2cnc(Nc3cnc(N4CCN(C)CC4)cn3)cc2n(C2CCCC2)c1=O. The summed E-state index contributed by atoms with van der Waals surface area (Å²) < 4.78 is 1.82. The molecule has 0 radical (unpaired) electrons. The summed E-state index contributed by atoms with van der Waals surface area (Å²) in [7, 11) is 2.13. The van der Waals surface area contributed by atoms with Gasteiger partial charge in [0.05, 0.1) is 23.5 Å². The molecule has 0 atom stereocenters. The number of anilines is 3. The molecule has 4 heterocycles. The molecule has 3 aromatic heterocycles. The Labute approximate surface area is 212 Å². The van der Waals surface area contributed by atoms with Crippen molar-refractivity contribution >= 4 is 34.1 Å². The minimum absolute atomic E-state index is 0.103. The summed E-state index contributed by atoms with van der Waals surface area (Å²) in [5, 5.41) is 4.07. The van der Waals surface area contributed by atoms with Crippen molar-refractivity contribution in [2.45, 2.75) is 59.4 Å². The van der Waals surface area contributed by atoms with Gasteiger partial charge in [-0.3, -0.25) is 9.59 Å². The van der Waals surface area contributed by atoms with Crippen molar-refractivity contribution in [3.8, 4) is 0 Å². The molecule has 0 aromatic carbocycles. The van der Waals surface area contributed by atoms with Crippen molar-refractivity contribution in [1.29, 1.82) is 0 Å². The molecule has 1 saturated carbocycles. The van der Waals surface area contributed by atoms with E-state index in [0.29, 0.717) is 17.2 Å². The van der Waals surface area contributed by atoms with Gasteiger partial charge in [0.15, 0.2) is 5.78 Å². The van der Waals surface area contributed by atoms with Crippen molar-refractivity contribution in [2.75, 3.05) is 43.4 Å². The Hall–Kier alpha value is -3.33. The zero-order valence-corrected chi connectivity index (χ0v) is 22.0. The summed E-state index contributed by atoms with van der Waals surface area (Å²) in [6.45, 7) is 11.2. The highest BCUT2D eigenvalue weighted by Gasteiger charge is 2.25. The zero-order chi connectivity index (χ0) is 25.8. The fraction of sp³-hybridized carbons (Fsp3) is 0.519. The van der Waals surface area contributed by atoms with Crippen LogP contribution < -0.4 is 15.8 Å². The maximum Gasteiger partial charge on any atom is 0.262 e. The quantitative estimate of drug-likeness (QED) is 0.527. The molecule has 1 saturated heterocycles. The smallest absolute Gasteiger partial charge is 0.262 e. The number of hydrogen-bond acceptors (Lipinski definition) is 8. The van der Waals surface area contributed by atoms with Gasteiger partial charge < -0.3 is 19.7 Å². The second kappa shape index (κ2) is 11.2. The highest BCUT2D eigenvalue weighted by molar-refractivity contribution is 6.00. The van der Waals surface area contributed by atoms with Crippen LogP contribution in [-0.4, -0.2) is 63.4 Å². The fourth-order valence-electron chi connectivity index (χ4n) is 5.18. The first-order chi connectivity index (χ1) is 17.4. The summed E-state index contributed by atoms with van der Waals surface area (Å²) in [6, 6.07) is 1.99. The number of aryl methyl sites for hydroxylation is 1. The van der Waals surface area contributed by atoms with Gasteiger partial charge >= 0.3 is 0 Å². The molecule has 9 nitrogen and oxygen atoms in total. The minimum atomic E-state index is -0.200. The number of aromatic nitrogens is 4. The van der Waals surface area contributed by atoms with Crippen LogP contribution in [0.2, 0.25) is 0 Å². The van der Waals surface area contributed by atoms with E-state index in [-0.39, 0.29) is 22.9 Å². The molecule has 3 aromatic rings. The molecule has 0 unspecified atom stereocenters. The maximum absolute atomic E-state index is 13.4. The van der Waals surface area contributed by atoms with Crippen molar-refractivity contribution in [2.24, 2.45) is 0 Å². The van der Waals surface area contributed by atoms with Crippen LogP contribution in [0.15, 0.2) is 29.5 Å². The lowest BCUT2D eigenvalue weighted by molar-refractivity contribution is 0.101. The summed E-state index contributed by atoms with van der Waals surface area (Å²) >= 11 is 0. The molecular formula is C27H37N7O2. The Balaban J connectivity index is 0.00000148. The Morgan fingerprint density at radius 2 is 1.64 bits per heavy atom. The van der Waals surface area contributed by atoms with Crippen molar-refractivity contribution in [3.63, 3.8) is 0 Å². The van der Waals surface area contributed by atoms with E-state index < -0.39 is 0 Å². The van der Waals surface area contributed by atoms with Gasteiger partial charge in [0.1, 0.15) is 17.5 Å². The first kappa shape index (κ1) is 25.8. The van der Waals surface area contributed by atoms with E-state index in [4.69, 9.17) is 0 Å². The summed E-state index contributed by atoms with van der Waals surface area (Å²) in [5.41, 5.74) is 1.57. The van der Waals surface area contributed by atoms with Gasteiger partial charge in [-0.2, -0.15) is 0 Å². The molecule has 0 spiro atoms. The lowest BCUT2D eigenvalue weighted by Gasteiger charge is -2.32. The average Bonchev–Trinajstić information content (AvgIpc) is 3.41. The Morgan fingerprint density at radius 3 is 2.25 bits per heavy atom. The van der Waals surface area contributed by atoms with Gasteiger partial charge in [0, 0.05) is 49.9 Å². The van der Waals surface area contributed by atoms with Crippen LogP contribution in [0.1, 0.15) is 68.4 Å². The van der Waals surface area contributed by atoms with E-state index >= 15 is 0 Å². The number of rotatable bonds is 5. The van der Waals surface area contributed by atoms with Gasteiger partial charge in [-0.05, 0) is 39.3 Å². The summed E-state index contributed by atoms with van der Waals surface area (Å²) in [5.74, 6) is 1.86. The average molecular weight is 492 g/mol. The third-order valence-electron chi connectivity index (χ3n) is 7.12. The molecule has 1 aliphatic heterocycles. The van der Waals surface area contributed by atoms with Crippen LogP contribution in [-0.2, 0) is 0 Å². The van der Waals surface area contributed by atoms with Crippen molar-refractivity contribution in [1.82, 2.24) is 24.4 Å². The maximum atomic E-state index is 13.4. The zero-order valence-electron chi connectivity index (χ0n) is 22.0. The number of fused-ring (bicyclic) bond motifs is 1. The van der Waals surface area contributed by atoms with Crippen LogP contribution in [0.4, 0.5) is 17.5 Å². The third-order valence-corrected chi connectivity index (χ3v) is 7.12. The highest BCUT2D eigenvalue weighted by Crippen LogP contribution is 2.33. The third kappa shape index (κ3) is 5.11. The second-order valence-corrected chi connectivity index (χ2v) is 9.43. The molecular weight excluding hydrogens is 454 g/mol. The second-order valence-electron chi connectivity index (χ2n) is 9.43. The minimum Gasteiger partial charge on any atom is -0.353 e. The lowest BCUT2D eigenvalue weighted by Crippen LogP contribution is -2.44. The summed E-state index contributed by atoms with van der Waals surface area (Å²) in [4.78, 5) is 43.9. The van der Waals surface area contributed by atoms with Crippen molar-refractivity contribution in [3.05, 3.63) is 46.1 Å².